The molecule has 0 saturated carbocycles. The second-order valence-electron chi connectivity index (χ2n) is 1.38. The number of rotatable bonds is 2. The molecule has 3 nitrogen and oxygen atoms in total. The summed E-state index contributed by atoms with van der Waals surface area (Å²) in [6.07, 6.45) is 0. The summed E-state index contributed by atoms with van der Waals surface area (Å²) in [5.74, 6) is 0. The van der Waals surface area contributed by atoms with E-state index in [2.05, 4.69) is 15.9 Å². The van der Waals surface area contributed by atoms with E-state index in [4.69, 9.17) is 33.0 Å². The summed E-state index contributed by atoms with van der Waals surface area (Å²) < 4.78 is 10.4. The highest BCUT2D eigenvalue weighted by atomic mass is 79.9. The van der Waals surface area contributed by atoms with Gasteiger partial charge in [-0.2, -0.15) is 0 Å². The SMILES string of the molecule is O=P(O)(O)/C(=C/Br)C(Cl)Cl. The van der Waals surface area contributed by atoms with E-state index in [1.165, 1.54) is 0 Å². The molecule has 7 heteroatoms. The Morgan fingerprint density at radius 1 is 1.60 bits per heavy atom. The van der Waals surface area contributed by atoms with E-state index in [9.17, 15) is 4.57 Å². The summed E-state index contributed by atoms with van der Waals surface area (Å²) in [5.41, 5.74) is 0. The van der Waals surface area contributed by atoms with Gasteiger partial charge in [0.15, 0.2) is 0 Å². The zero-order valence-corrected chi connectivity index (χ0v) is 8.53. The number of halogens is 3. The summed E-state index contributed by atoms with van der Waals surface area (Å²) in [4.78, 5) is 16.8. The summed E-state index contributed by atoms with van der Waals surface area (Å²) >= 11 is 13.1. The lowest BCUT2D eigenvalue weighted by molar-refractivity contribution is 0.382. The van der Waals surface area contributed by atoms with Gasteiger partial charge in [0.25, 0.3) is 0 Å². The van der Waals surface area contributed by atoms with Gasteiger partial charge in [0, 0.05) is 0 Å². The highest BCUT2D eigenvalue weighted by Crippen LogP contribution is 2.49. The molecule has 0 aliphatic heterocycles. The molecule has 60 valence electrons. The van der Waals surface area contributed by atoms with Gasteiger partial charge in [0.2, 0.25) is 0 Å². The molecule has 0 bridgehead atoms. The van der Waals surface area contributed by atoms with Crippen molar-refractivity contribution in [2.75, 3.05) is 0 Å². The highest BCUT2D eigenvalue weighted by molar-refractivity contribution is 9.11. The van der Waals surface area contributed by atoms with Gasteiger partial charge in [-0.15, -0.1) is 0 Å². The van der Waals surface area contributed by atoms with Gasteiger partial charge in [-0.25, -0.2) is 0 Å². The average molecular weight is 270 g/mol. The Bertz CT molecular complexity index is 186. The molecule has 2 N–H and O–H groups in total. The molecule has 0 aliphatic carbocycles. The third kappa shape index (κ3) is 3.37. The van der Waals surface area contributed by atoms with E-state index in [0.29, 0.717) is 0 Å². The zero-order chi connectivity index (χ0) is 8.36. The van der Waals surface area contributed by atoms with E-state index in [1.807, 2.05) is 0 Å². The highest BCUT2D eigenvalue weighted by Gasteiger charge is 2.25. The Labute approximate surface area is 76.3 Å². The van der Waals surface area contributed by atoms with Crippen molar-refractivity contribution in [3.63, 3.8) is 0 Å². The van der Waals surface area contributed by atoms with E-state index in [0.717, 1.165) is 4.99 Å². The molecule has 0 spiro atoms. The summed E-state index contributed by atoms with van der Waals surface area (Å²) in [7, 11) is -4.28. The normalized spacial score (nSPS) is 14.4. The van der Waals surface area contributed by atoms with Gasteiger partial charge in [-0.1, -0.05) is 39.1 Å². The van der Waals surface area contributed by atoms with Crippen molar-refractivity contribution < 1.29 is 14.4 Å². The molecule has 0 aromatic heterocycles. The van der Waals surface area contributed by atoms with Crippen LogP contribution in [0.3, 0.4) is 0 Å². The third-order valence-electron chi connectivity index (χ3n) is 0.672. The van der Waals surface area contributed by atoms with Crippen molar-refractivity contribution in [3.8, 4) is 0 Å². The predicted octanol–water partition coefficient (Wildman–Crippen LogP) is 2.20. The number of allylic oxidation sites excluding steroid dienone is 1. The second-order valence-corrected chi connectivity index (χ2v) is 4.54. The Balaban J connectivity index is 4.57. The predicted molar refractivity (Wildman–Crippen MR) is 44.5 cm³/mol. The second kappa shape index (κ2) is 4.10. The first-order valence-corrected chi connectivity index (χ1v) is 5.44. The van der Waals surface area contributed by atoms with Crippen LogP contribution in [0.4, 0.5) is 0 Å². The lowest BCUT2D eigenvalue weighted by atomic mass is 10.7. The van der Waals surface area contributed by atoms with Crippen molar-refractivity contribution >= 4 is 46.7 Å². The molecule has 0 saturated heterocycles. The van der Waals surface area contributed by atoms with E-state index >= 15 is 0 Å². The number of hydrogen-bond acceptors (Lipinski definition) is 1. The zero-order valence-electron chi connectivity index (χ0n) is 4.54. The fourth-order valence-electron chi connectivity index (χ4n) is 0.238. The first kappa shape index (κ1) is 11.0. The first-order chi connectivity index (χ1) is 4.39. The molecule has 0 radical (unpaired) electrons. The molecule has 0 aliphatic rings. The molecule has 0 fully saturated rings. The molecule has 0 aromatic carbocycles. The van der Waals surface area contributed by atoms with Crippen LogP contribution in [0.1, 0.15) is 0 Å². The fraction of sp³-hybridized carbons (Fsp3) is 0.333. The van der Waals surface area contributed by atoms with Gasteiger partial charge in [-0.3, -0.25) is 4.57 Å². The maximum absolute atomic E-state index is 10.4. The van der Waals surface area contributed by atoms with Gasteiger partial charge < -0.3 is 9.79 Å². The average Bonchev–Trinajstić information content (AvgIpc) is 1.60. The third-order valence-corrected chi connectivity index (χ3v) is 3.35. The summed E-state index contributed by atoms with van der Waals surface area (Å²) in [5, 5.41) is -0.337. The Morgan fingerprint density at radius 2 is 2.00 bits per heavy atom. The van der Waals surface area contributed by atoms with Crippen LogP contribution in [0.15, 0.2) is 10.3 Å². The van der Waals surface area contributed by atoms with Crippen LogP contribution < -0.4 is 0 Å². The topological polar surface area (TPSA) is 57.5 Å². The minimum Gasteiger partial charge on any atom is -0.321 e. The van der Waals surface area contributed by atoms with Crippen molar-refractivity contribution in [1.82, 2.24) is 0 Å². The van der Waals surface area contributed by atoms with Gasteiger partial charge in [0.05, 0.1) is 5.31 Å². The molecule has 0 rings (SSSR count). The molecule has 0 atom stereocenters. The molecule has 0 aromatic rings. The molecule has 10 heavy (non-hydrogen) atoms. The van der Waals surface area contributed by atoms with Gasteiger partial charge >= 0.3 is 7.60 Å². The number of hydrogen-bond donors (Lipinski definition) is 2. The minimum atomic E-state index is -4.28. The molecular weight excluding hydrogens is 266 g/mol. The van der Waals surface area contributed by atoms with Crippen molar-refractivity contribution in [1.29, 1.82) is 0 Å². The van der Waals surface area contributed by atoms with Crippen LogP contribution in [0.5, 0.6) is 0 Å². The van der Waals surface area contributed by atoms with E-state index in [1.54, 1.807) is 0 Å². The van der Waals surface area contributed by atoms with Crippen LogP contribution in [0, 0.1) is 0 Å². The van der Waals surface area contributed by atoms with Crippen molar-refractivity contribution in [2.45, 2.75) is 4.84 Å². The fourth-order valence-corrected chi connectivity index (χ4v) is 2.88. The first-order valence-electron chi connectivity index (χ1n) is 2.04. The van der Waals surface area contributed by atoms with Gasteiger partial charge in [0.1, 0.15) is 4.84 Å². The van der Waals surface area contributed by atoms with Crippen LogP contribution in [-0.2, 0) is 4.57 Å². The monoisotopic (exact) mass is 268 g/mol. The lowest BCUT2D eigenvalue weighted by Gasteiger charge is -2.07. The Kier molecular flexibility index (Phi) is 4.48. The van der Waals surface area contributed by atoms with E-state index in [-0.39, 0.29) is 5.31 Å². The molecule has 0 heterocycles. The van der Waals surface area contributed by atoms with E-state index < -0.39 is 12.4 Å². The quantitative estimate of drug-likeness (QED) is 0.597. The molecule has 0 unspecified atom stereocenters. The maximum atomic E-state index is 10.4. The standard InChI is InChI=1S/C3H4BrCl2O3P/c4-1-2(3(5)6)10(7,8)9/h1,3H,(H2,7,8,9)/b2-1+. The smallest absolute Gasteiger partial charge is 0.321 e. The minimum absolute atomic E-state index is 0.337. The Hall–Kier alpha value is 0.950. The van der Waals surface area contributed by atoms with Gasteiger partial charge in [-0.05, 0) is 4.99 Å². The van der Waals surface area contributed by atoms with Crippen molar-refractivity contribution in [2.24, 2.45) is 0 Å². The summed E-state index contributed by atoms with van der Waals surface area (Å²) in [6, 6.07) is 0. The molecule has 0 amide bonds. The van der Waals surface area contributed by atoms with Crippen LogP contribution in [0.2, 0.25) is 0 Å². The van der Waals surface area contributed by atoms with Crippen LogP contribution in [-0.4, -0.2) is 14.6 Å². The Morgan fingerprint density at radius 3 is 2.00 bits per heavy atom. The van der Waals surface area contributed by atoms with Crippen molar-refractivity contribution in [3.05, 3.63) is 10.3 Å². The maximum Gasteiger partial charge on any atom is 0.355 e. The van der Waals surface area contributed by atoms with Crippen LogP contribution >= 0.6 is 46.7 Å². The molecular formula is C3H4BrCl2O3P. The van der Waals surface area contributed by atoms with Crippen LogP contribution in [0.25, 0.3) is 0 Å². The lowest BCUT2D eigenvalue weighted by Crippen LogP contribution is -1.93. The largest absolute Gasteiger partial charge is 0.355 e. The summed E-state index contributed by atoms with van der Waals surface area (Å²) in [6.45, 7) is 0. The number of alkyl halides is 2.